The van der Waals surface area contributed by atoms with Gasteiger partial charge in [-0.15, -0.1) is 0 Å². The Hall–Kier alpha value is -1.84. The lowest BCUT2D eigenvalue weighted by atomic mass is 10.2. The summed E-state index contributed by atoms with van der Waals surface area (Å²) in [6, 6.07) is 1.57. The van der Waals surface area contributed by atoms with Crippen molar-refractivity contribution in [2.45, 2.75) is 13.8 Å². The summed E-state index contributed by atoms with van der Waals surface area (Å²) < 4.78 is 9.66. The molecule has 0 saturated heterocycles. The second-order valence-electron chi connectivity index (χ2n) is 2.89. The minimum absolute atomic E-state index is 0.147. The van der Waals surface area contributed by atoms with E-state index in [4.69, 9.17) is 9.15 Å². The van der Waals surface area contributed by atoms with Gasteiger partial charge >= 0.3 is 5.97 Å². The molecular formula is C11H12O4. The van der Waals surface area contributed by atoms with Crippen LogP contribution in [0.1, 0.15) is 30.0 Å². The second-order valence-corrected chi connectivity index (χ2v) is 2.89. The van der Waals surface area contributed by atoms with E-state index in [0.717, 1.165) is 0 Å². The Kier molecular flexibility index (Phi) is 3.85. The van der Waals surface area contributed by atoms with E-state index in [1.807, 2.05) is 0 Å². The Morgan fingerprint density at radius 1 is 1.53 bits per heavy atom. The number of rotatable bonds is 4. The molecule has 0 saturated carbocycles. The van der Waals surface area contributed by atoms with Gasteiger partial charge in [-0.25, -0.2) is 4.79 Å². The van der Waals surface area contributed by atoms with E-state index >= 15 is 0 Å². The monoisotopic (exact) mass is 208 g/mol. The van der Waals surface area contributed by atoms with Gasteiger partial charge in [0.15, 0.2) is 11.5 Å². The van der Waals surface area contributed by atoms with Crippen molar-refractivity contribution in [3.63, 3.8) is 0 Å². The number of carbonyl (C=O) groups is 2. The quantitative estimate of drug-likeness (QED) is 0.431. The summed E-state index contributed by atoms with van der Waals surface area (Å²) in [4.78, 5) is 21.8. The molecule has 0 spiro atoms. The topological polar surface area (TPSA) is 56.5 Å². The fraction of sp³-hybridized carbons (Fsp3) is 0.273. The van der Waals surface area contributed by atoms with E-state index < -0.39 is 5.97 Å². The Morgan fingerprint density at radius 2 is 2.27 bits per heavy atom. The molecule has 0 aliphatic rings. The Morgan fingerprint density at radius 3 is 2.80 bits per heavy atom. The van der Waals surface area contributed by atoms with Crippen LogP contribution in [0.5, 0.6) is 0 Å². The normalized spacial score (nSPS) is 10.5. The highest BCUT2D eigenvalue weighted by atomic mass is 16.5. The molecule has 0 fully saturated rings. The summed E-state index contributed by atoms with van der Waals surface area (Å²) in [6.45, 7) is 3.49. The van der Waals surface area contributed by atoms with E-state index in [2.05, 4.69) is 0 Å². The average molecular weight is 208 g/mol. The van der Waals surface area contributed by atoms with Gasteiger partial charge < -0.3 is 9.15 Å². The number of Topliss-reactive ketones (excluding diaryl/α,β-unsaturated/α-hetero) is 1. The van der Waals surface area contributed by atoms with Gasteiger partial charge in [-0.3, -0.25) is 4.79 Å². The number of carbonyl (C=O) groups excluding carboxylic acids is 2. The SMILES string of the molecule is CCOC(=O)C=Cc1coc(C(C)=O)c1. The number of furan rings is 1. The third-order valence-electron chi connectivity index (χ3n) is 1.67. The highest BCUT2D eigenvalue weighted by molar-refractivity contribution is 5.92. The molecule has 0 aliphatic heterocycles. The Balaban J connectivity index is 2.64. The Labute approximate surface area is 87.5 Å². The molecule has 1 aromatic rings. The lowest BCUT2D eigenvalue weighted by Crippen LogP contribution is -1.98. The molecule has 1 rings (SSSR count). The van der Waals surface area contributed by atoms with E-state index in [1.54, 1.807) is 13.0 Å². The van der Waals surface area contributed by atoms with E-state index in [9.17, 15) is 9.59 Å². The van der Waals surface area contributed by atoms with Crippen LogP contribution in [0.25, 0.3) is 6.08 Å². The van der Waals surface area contributed by atoms with Gasteiger partial charge in [-0.1, -0.05) is 0 Å². The Bertz CT molecular complexity index is 387. The molecule has 0 aromatic carbocycles. The van der Waals surface area contributed by atoms with Crippen molar-refractivity contribution >= 4 is 17.8 Å². The maximum absolute atomic E-state index is 11.0. The molecule has 1 heterocycles. The fourth-order valence-electron chi connectivity index (χ4n) is 0.978. The number of hydrogen-bond donors (Lipinski definition) is 0. The molecule has 0 aliphatic carbocycles. The highest BCUT2D eigenvalue weighted by Crippen LogP contribution is 2.10. The van der Waals surface area contributed by atoms with Crippen LogP contribution in [0.2, 0.25) is 0 Å². The van der Waals surface area contributed by atoms with Gasteiger partial charge in [-0.2, -0.15) is 0 Å². The van der Waals surface area contributed by atoms with Crippen LogP contribution in [-0.2, 0) is 9.53 Å². The molecule has 4 nitrogen and oxygen atoms in total. The summed E-state index contributed by atoms with van der Waals surface area (Å²) in [7, 11) is 0. The summed E-state index contributed by atoms with van der Waals surface area (Å²) in [6.07, 6.45) is 4.23. The zero-order chi connectivity index (χ0) is 11.3. The van der Waals surface area contributed by atoms with Crippen LogP contribution in [0, 0.1) is 0 Å². The average Bonchev–Trinajstić information content (AvgIpc) is 2.63. The number of esters is 1. The highest BCUT2D eigenvalue weighted by Gasteiger charge is 2.04. The van der Waals surface area contributed by atoms with Crippen molar-refractivity contribution < 1.29 is 18.7 Å². The lowest BCUT2D eigenvalue weighted by molar-refractivity contribution is -0.137. The van der Waals surface area contributed by atoms with Crippen molar-refractivity contribution in [1.82, 2.24) is 0 Å². The van der Waals surface area contributed by atoms with Gasteiger partial charge in [0.2, 0.25) is 0 Å². The zero-order valence-corrected chi connectivity index (χ0v) is 8.65. The van der Waals surface area contributed by atoms with E-state index in [1.165, 1.54) is 25.3 Å². The third-order valence-corrected chi connectivity index (χ3v) is 1.67. The summed E-state index contributed by atoms with van der Waals surface area (Å²) in [5.41, 5.74) is 0.660. The number of hydrogen-bond acceptors (Lipinski definition) is 4. The van der Waals surface area contributed by atoms with Crippen LogP contribution in [0.3, 0.4) is 0 Å². The smallest absolute Gasteiger partial charge is 0.330 e. The van der Waals surface area contributed by atoms with Gasteiger partial charge in [-0.05, 0) is 19.1 Å². The van der Waals surface area contributed by atoms with Crippen LogP contribution >= 0.6 is 0 Å². The van der Waals surface area contributed by atoms with Crippen LogP contribution < -0.4 is 0 Å². The molecular weight excluding hydrogens is 196 g/mol. The van der Waals surface area contributed by atoms with Gasteiger partial charge in [0.1, 0.15) is 0 Å². The lowest BCUT2D eigenvalue weighted by Gasteiger charge is -1.92. The molecule has 1 aromatic heterocycles. The molecule has 0 amide bonds. The summed E-state index contributed by atoms with van der Waals surface area (Å²) in [5, 5.41) is 0. The van der Waals surface area contributed by atoms with Crippen LogP contribution in [-0.4, -0.2) is 18.4 Å². The molecule has 4 heteroatoms. The van der Waals surface area contributed by atoms with Crippen LogP contribution in [0.4, 0.5) is 0 Å². The number of ether oxygens (including phenoxy) is 1. The number of ketones is 1. The second kappa shape index (κ2) is 5.14. The standard InChI is InChI=1S/C11H12O4/c1-3-14-11(13)5-4-9-6-10(8(2)12)15-7-9/h4-7H,3H2,1-2H3. The van der Waals surface area contributed by atoms with Gasteiger partial charge in [0, 0.05) is 18.6 Å². The molecule has 0 radical (unpaired) electrons. The zero-order valence-electron chi connectivity index (χ0n) is 8.65. The molecule has 0 N–H and O–H groups in total. The first-order valence-electron chi connectivity index (χ1n) is 4.57. The van der Waals surface area contributed by atoms with Crippen molar-refractivity contribution in [3.05, 3.63) is 29.7 Å². The van der Waals surface area contributed by atoms with Crippen molar-refractivity contribution in [1.29, 1.82) is 0 Å². The minimum atomic E-state index is -0.414. The minimum Gasteiger partial charge on any atom is -0.463 e. The molecule has 0 unspecified atom stereocenters. The largest absolute Gasteiger partial charge is 0.463 e. The summed E-state index contributed by atoms with van der Waals surface area (Å²) in [5.74, 6) is -0.285. The first-order valence-corrected chi connectivity index (χ1v) is 4.57. The fourth-order valence-corrected chi connectivity index (χ4v) is 0.978. The van der Waals surface area contributed by atoms with Gasteiger partial charge in [0.05, 0.1) is 12.9 Å². The van der Waals surface area contributed by atoms with Crippen molar-refractivity contribution in [2.75, 3.05) is 6.61 Å². The molecule has 15 heavy (non-hydrogen) atoms. The third kappa shape index (κ3) is 3.42. The predicted molar refractivity (Wildman–Crippen MR) is 54.4 cm³/mol. The molecule has 0 bridgehead atoms. The van der Waals surface area contributed by atoms with Crippen molar-refractivity contribution in [2.24, 2.45) is 0 Å². The first kappa shape index (κ1) is 11.2. The molecule has 0 atom stereocenters. The summed E-state index contributed by atoms with van der Waals surface area (Å²) >= 11 is 0. The van der Waals surface area contributed by atoms with Gasteiger partial charge in [0.25, 0.3) is 0 Å². The maximum atomic E-state index is 11.0. The van der Waals surface area contributed by atoms with E-state index in [-0.39, 0.29) is 11.5 Å². The first-order chi connectivity index (χ1) is 7.13. The molecule has 80 valence electrons. The maximum Gasteiger partial charge on any atom is 0.330 e. The van der Waals surface area contributed by atoms with E-state index in [0.29, 0.717) is 12.2 Å². The predicted octanol–water partition coefficient (Wildman–Crippen LogP) is 2.06. The van der Waals surface area contributed by atoms with Crippen molar-refractivity contribution in [3.8, 4) is 0 Å². The van der Waals surface area contributed by atoms with Crippen LogP contribution in [0.15, 0.2) is 22.8 Å².